The predicted molar refractivity (Wildman–Crippen MR) is 95.1 cm³/mol. The van der Waals surface area contributed by atoms with Gasteiger partial charge in [0.2, 0.25) is 5.91 Å². The Morgan fingerprint density at radius 3 is 3.04 bits per heavy atom. The molecule has 0 aromatic heterocycles. The van der Waals surface area contributed by atoms with E-state index in [0.717, 1.165) is 24.4 Å². The van der Waals surface area contributed by atoms with Gasteiger partial charge >= 0.3 is 0 Å². The van der Waals surface area contributed by atoms with Crippen molar-refractivity contribution < 1.29 is 14.6 Å². The number of rotatable bonds is 8. The molecule has 1 saturated heterocycles. The first kappa shape index (κ1) is 18.7. The summed E-state index contributed by atoms with van der Waals surface area (Å²) in [5.41, 5.74) is 1.11. The number of carbonyl (C=O) groups excluding carboxylic acids is 1. The van der Waals surface area contributed by atoms with Crippen LogP contribution in [0.25, 0.3) is 0 Å². The number of nitrogens with one attached hydrogen (secondary N) is 2. The fraction of sp³-hybridized carbons (Fsp3) is 0.632. The van der Waals surface area contributed by atoms with E-state index >= 15 is 0 Å². The van der Waals surface area contributed by atoms with Crippen molar-refractivity contribution >= 4 is 5.91 Å². The summed E-state index contributed by atoms with van der Waals surface area (Å²) in [5, 5.41) is 16.2. The maximum absolute atomic E-state index is 12.0. The van der Waals surface area contributed by atoms with Crippen LogP contribution in [0.15, 0.2) is 24.3 Å². The normalized spacial score (nSPS) is 20.2. The van der Waals surface area contributed by atoms with Gasteiger partial charge in [-0.25, -0.2) is 0 Å². The molecule has 0 radical (unpaired) electrons. The molecule has 3 unspecified atom stereocenters. The molecular weight excluding hydrogens is 304 g/mol. The second-order valence-electron chi connectivity index (χ2n) is 6.87. The van der Waals surface area contributed by atoms with E-state index in [-0.39, 0.29) is 19.1 Å². The Labute approximate surface area is 144 Å². The van der Waals surface area contributed by atoms with Crippen molar-refractivity contribution in [2.45, 2.75) is 39.2 Å². The zero-order chi connectivity index (χ0) is 17.4. The fourth-order valence-corrected chi connectivity index (χ4v) is 3.08. The SMILES string of the molecule is Cc1cccc(OCC(O)CNC(=O)CC(C)C2CCCNC2)c1. The van der Waals surface area contributed by atoms with Crippen molar-refractivity contribution in [1.82, 2.24) is 10.6 Å². The minimum absolute atomic E-state index is 0.00248. The van der Waals surface area contributed by atoms with Crippen molar-refractivity contribution in [2.75, 3.05) is 26.2 Å². The van der Waals surface area contributed by atoms with Gasteiger partial charge in [-0.3, -0.25) is 4.79 Å². The van der Waals surface area contributed by atoms with Crippen LogP contribution >= 0.6 is 0 Å². The highest BCUT2D eigenvalue weighted by Crippen LogP contribution is 2.22. The van der Waals surface area contributed by atoms with Gasteiger partial charge in [-0.15, -0.1) is 0 Å². The largest absolute Gasteiger partial charge is 0.491 e. The molecule has 1 amide bonds. The van der Waals surface area contributed by atoms with Gasteiger partial charge in [0.1, 0.15) is 18.5 Å². The number of hydrogen-bond acceptors (Lipinski definition) is 4. The zero-order valence-electron chi connectivity index (χ0n) is 14.8. The van der Waals surface area contributed by atoms with Gasteiger partial charge < -0.3 is 20.5 Å². The Balaban J connectivity index is 1.63. The van der Waals surface area contributed by atoms with Crippen LogP contribution in [0.1, 0.15) is 31.7 Å². The van der Waals surface area contributed by atoms with E-state index in [4.69, 9.17) is 4.74 Å². The van der Waals surface area contributed by atoms with E-state index in [1.54, 1.807) is 0 Å². The van der Waals surface area contributed by atoms with E-state index < -0.39 is 6.10 Å². The summed E-state index contributed by atoms with van der Waals surface area (Å²) >= 11 is 0. The topological polar surface area (TPSA) is 70.6 Å². The number of piperidine rings is 1. The van der Waals surface area contributed by atoms with E-state index in [1.807, 2.05) is 31.2 Å². The third-order valence-corrected chi connectivity index (χ3v) is 4.61. The molecule has 0 saturated carbocycles. The van der Waals surface area contributed by atoms with Crippen LogP contribution in [0, 0.1) is 18.8 Å². The molecule has 5 nitrogen and oxygen atoms in total. The first-order valence-electron chi connectivity index (χ1n) is 8.89. The van der Waals surface area contributed by atoms with Gasteiger partial charge in [0, 0.05) is 13.0 Å². The molecular formula is C19H30N2O3. The Kier molecular flexibility index (Phi) is 7.53. The van der Waals surface area contributed by atoms with Crippen LogP contribution in [0.5, 0.6) is 5.75 Å². The Morgan fingerprint density at radius 2 is 2.33 bits per heavy atom. The maximum atomic E-state index is 12.0. The molecule has 0 bridgehead atoms. The van der Waals surface area contributed by atoms with Crippen molar-refractivity contribution in [3.05, 3.63) is 29.8 Å². The number of ether oxygens (including phenoxy) is 1. The molecule has 1 aromatic rings. The molecule has 24 heavy (non-hydrogen) atoms. The molecule has 1 heterocycles. The second-order valence-corrected chi connectivity index (χ2v) is 6.87. The standard InChI is InChI=1S/C19H30N2O3/c1-14-5-3-7-18(9-14)24-13-17(22)12-21-19(23)10-15(2)16-6-4-8-20-11-16/h3,5,7,9,15-17,20,22H,4,6,8,10-13H2,1-2H3,(H,21,23). The molecule has 2 rings (SSSR count). The molecule has 1 aliphatic rings. The third kappa shape index (κ3) is 6.49. The number of benzene rings is 1. The lowest BCUT2D eigenvalue weighted by Crippen LogP contribution is -2.38. The smallest absolute Gasteiger partial charge is 0.220 e. The summed E-state index contributed by atoms with van der Waals surface area (Å²) in [5.74, 6) is 1.67. The molecule has 0 spiro atoms. The zero-order valence-corrected chi connectivity index (χ0v) is 14.8. The summed E-state index contributed by atoms with van der Waals surface area (Å²) in [4.78, 5) is 12.0. The molecule has 1 aromatic carbocycles. The van der Waals surface area contributed by atoms with Crippen molar-refractivity contribution in [3.63, 3.8) is 0 Å². The first-order chi connectivity index (χ1) is 11.5. The number of aliphatic hydroxyl groups is 1. The Hall–Kier alpha value is -1.59. The number of hydrogen-bond donors (Lipinski definition) is 3. The number of aliphatic hydroxyl groups excluding tert-OH is 1. The molecule has 134 valence electrons. The second kappa shape index (κ2) is 9.64. The van der Waals surface area contributed by atoms with Crippen molar-refractivity contribution in [2.24, 2.45) is 11.8 Å². The summed E-state index contributed by atoms with van der Waals surface area (Å²) < 4.78 is 5.55. The summed E-state index contributed by atoms with van der Waals surface area (Å²) in [7, 11) is 0. The van der Waals surface area contributed by atoms with E-state index in [2.05, 4.69) is 17.6 Å². The number of aryl methyl sites for hydroxylation is 1. The lowest BCUT2D eigenvalue weighted by Gasteiger charge is -2.28. The van der Waals surface area contributed by atoms with Gasteiger partial charge in [0.05, 0.1) is 0 Å². The highest BCUT2D eigenvalue weighted by molar-refractivity contribution is 5.76. The Bertz CT molecular complexity index is 515. The van der Waals surface area contributed by atoms with Crippen molar-refractivity contribution in [3.8, 4) is 5.75 Å². The molecule has 0 aliphatic carbocycles. The van der Waals surface area contributed by atoms with Gasteiger partial charge in [-0.2, -0.15) is 0 Å². The van der Waals surface area contributed by atoms with Crippen LogP contribution < -0.4 is 15.4 Å². The highest BCUT2D eigenvalue weighted by Gasteiger charge is 2.22. The van der Waals surface area contributed by atoms with Crippen LogP contribution in [0.2, 0.25) is 0 Å². The molecule has 1 aliphatic heterocycles. The van der Waals surface area contributed by atoms with E-state index in [1.165, 1.54) is 12.8 Å². The van der Waals surface area contributed by atoms with E-state index in [0.29, 0.717) is 18.3 Å². The maximum Gasteiger partial charge on any atom is 0.220 e. The lowest BCUT2D eigenvalue weighted by atomic mass is 9.85. The Morgan fingerprint density at radius 1 is 1.50 bits per heavy atom. The monoisotopic (exact) mass is 334 g/mol. The van der Waals surface area contributed by atoms with Crippen LogP contribution in [-0.4, -0.2) is 43.4 Å². The van der Waals surface area contributed by atoms with Gasteiger partial charge in [0.15, 0.2) is 0 Å². The summed E-state index contributed by atoms with van der Waals surface area (Å²) in [6.45, 7) is 6.61. The lowest BCUT2D eigenvalue weighted by molar-refractivity contribution is -0.122. The fourth-order valence-electron chi connectivity index (χ4n) is 3.08. The molecule has 5 heteroatoms. The van der Waals surface area contributed by atoms with Crippen LogP contribution in [0.3, 0.4) is 0 Å². The van der Waals surface area contributed by atoms with Gasteiger partial charge in [-0.05, 0) is 62.4 Å². The third-order valence-electron chi connectivity index (χ3n) is 4.61. The molecule has 3 atom stereocenters. The quantitative estimate of drug-likeness (QED) is 0.679. The highest BCUT2D eigenvalue weighted by atomic mass is 16.5. The van der Waals surface area contributed by atoms with Gasteiger partial charge in [0.25, 0.3) is 0 Å². The average Bonchev–Trinajstić information content (AvgIpc) is 2.59. The van der Waals surface area contributed by atoms with Crippen molar-refractivity contribution in [1.29, 1.82) is 0 Å². The van der Waals surface area contributed by atoms with Crippen LogP contribution in [-0.2, 0) is 4.79 Å². The van der Waals surface area contributed by atoms with Gasteiger partial charge in [-0.1, -0.05) is 19.1 Å². The summed E-state index contributed by atoms with van der Waals surface area (Å²) in [6.07, 6.45) is 2.18. The average molecular weight is 334 g/mol. The molecule has 1 fully saturated rings. The minimum Gasteiger partial charge on any atom is -0.491 e. The molecule has 3 N–H and O–H groups in total. The van der Waals surface area contributed by atoms with E-state index in [9.17, 15) is 9.90 Å². The number of amides is 1. The predicted octanol–water partition coefficient (Wildman–Crippen LogP) is 1.88. The first-order valence-corrected chi connectivity index (χ1v) is 8.89. The number of carbonyl (C=O) groups is 1. The summed E-state index contributed by atoms with van der Waals surface area (Å²) in [6, 6.07) is 7.69. The van der Waals surface area contributed by atoms with Crippen LogP contribution in [0.4, 0.5) is 0 Å². The minimum atomic E-state index is -0.707.